The van der Waals surface area contributed by atoms with Crippen LogP contribution in [-0.4, -0.2) is 78.7 Å². The zero-order valence-electron chi connectivity index (χ0n) is 53.6. The minimum atomic E-state index is -1.02. The van der Waals surface area contributed by atoms with Gasteiger partial charge in [0.25, 0.3) is 11.8 Å². The summed E-state index contributed by atoms with van der Waals surface area (Å²) in [5, 5.41) is 9.35. The van der Waals surface area contributed by atoms with E-state index in [2.05, 4.69) is 20.8 Å². The second kappa shape index (κ2) is 51.7. The van der Waals surface area contributed by atoms with Crippen molar-refractivity contribution in [1.82, 2.24) is 9.80 Å². The van der Waals surface area contributed by atoms with E-state index in [9.17, 15) is 19.5 Å². The maximum Gasteiger partial charge on any atom is 0.335 e. The van der Waals surface area contributed by atoms with Crippen LogP contribution in [0.15, 0.2) is 36.4 Å². The molecule has 1 N–H and O–H groups in total. The van der Waals surface area contributed by atoms with E-state index in [0.717, 1.165) is 38.5 Å². The third-order valence-corrected chi connectivity index (χ3v) is 17.3. The molecule has 1 aliphatic heterocycles. The quantitative estimate of drug-likeness (QED) is 0.0658. The number of carbonyl (C=O) groups is 3. The van der Waals surface area contributed by atoms with Crippen LogP contribution < -0.4 is 14.2 Å². The molecule has 1 heterocycles. The molecule has 1 aliphatic rings. The lowest BCUT2D eigenvalue weighted by molar-refractivity contribution is 0.0535. The van der Waals surface area contributed by atoms with Gasteiger partial charge in [-0.1, -0.05) is 310 Å². The van der Waals surface area contributed by atoms with Crippen LogP contribution >= 0.6 is 0 Å². The molecule has 1 fully saturated rings. The number of rotatable bonds is 57. The lowest BCUT2D eigenvalue weighted by Crippen LogP contribution is -2.50. The summed E-state index contributed by atoms with van der Waals surface area (Å²) in [4.78, 5) is 42.9. The van der Waals surface area contributed by atoms with Crippen LogP contribution in [-0.2, 0) is 0 Å². The molecule has 0 unspecified atom stereocenters. The normalized spacial score (nSPS) is 12.6. The van der Waals surface area contributed by atoms with Crippen molar-refractivity contribution in [3.8, 4) is 17.2 Å². The van der Waals surface area contributed by atoms with E-state index in [1.54, 1.807) is 17.0 Å². The van der Waals surface area contributed by atoms with Gasteiger partial charge in [0.2, 0.25) is 5.75 Å². The predicted octanol–water partition coefficient (Wildman–Crippen LogP) is 21.9. The Morgan fingerprint density at radius 1 is 0.317 bits per heavy atom. The van der Waals surface area contributed by atoms with Crippen molar-refractivity contribution < 1.29 is 33.7 Å². The number of unbranched alkanes of at least 4 members (excludes halogenated alkanes) is 45. The Morgan fingerprint density at radius 3 is 0.793 bits per heavy atom. The second-order valence-corrected chi connectivity index (χ2v) is 24.7. The fraction of sp³-hybridized carbons (Fsp3) is 0.795. The Hall–Kier alpha value is -3.75. The molecule has 0 bridgehead atoms. The average Bonchev–Trinajstić information content (AvgIpc) is 3.70. The summed E-state index contributed by atoms with van der Waals surface area (Å²) >= 11 is 0. The number of nitrogens with zero attached hydrogens (tertiary/aromatic N) is 2. The van der Waals surface area contributed by atoms with Crippen LogP contribution in [0.25, 0.3) is 0 Å². The van der Waals surface area contributed by atoms with E-state index in [-0.39, 0.29) is 17.4 Å². The number of carboxylic acids is 1. The first-order chi connectivity index (χ1) is 40.4. The molecule has 0 radical (unpaired) electrons. The second-order valence-electron chi connectivity index (χ2n) is 24.7. The molecule has 2 amide bonds. The van der Waals surface area contributed by atoms with Gasteiger partial charge in [0.15, 0.2) is 11.5 Å². The fourth-order valence-corrected chi connectivity index (χ4v) is 11.8. The summed E-state index contributed by atoms with van der Waals surface area (Å²) in [5.41, 5.74) is 1.10. The van der Waals surface area contributed by atoms with E-state index in [1.807, 2.05) is 17.0 Å². The number of aromatic carboxylic acids is 1. The zero-order chi connectivity index (χ0) is 58.6. The van der Waals surface area contributed by atoms with E-state index in [0.29, 0.717) is 74.4 Å². The summed E-state index contributed by atoms with van der Waals surface area (Å²) in [6.45, 7) is 10.1. The topological polar surface area (TPSA) is 106 Å². The van der Waals surface area contributed by atoms with Crippen molar-refractivity contribution in [3.63, 3.8) is 0 Å². The highest BCUT2D eigenvalue weighted by molar-refractivity contribution is 5.97. The number of carboxylic acid groups (broad SMARTS) is 1. The molecule has 470 valence electrons. The fourth-order valence-electron chi connectivity index (χ4n) is 11.8. The van der Waals surface area contributed by atoms with Crippen molar-refractivity contribution in [1.29, 1.82) is 0 Å². The highest BCUT2D eigenvalue weighted by Crippen LogP contribution is 2.40. The summed E-state index contributed by atoms with van der Waals surface area (Å²) in [7, 11) is 0. The SMILES string of the molecule is CCCCCCCCCCCCCCCCCCOc1cc(C(=O)N2CCN(C(=O)c3ccc(C(=O)O)cc3)CC2)cc(OCCCCCCCCCCCCCCCCCC)c1OCCCCCCCCCCCCCCCCCC. The first kappa shape index (κ1) is 72.5. The van der Waals surface area contributed by atoms with Gasteiger partial charge in [-0.25, -0.2) is 4.79 Å². The van der Waals surface area contributed by atoms with Gasteiger partial charge in [0.05, 0.1) is 25.4 Å². The summed E-state index contributed by atoms with van der Waals surface area (Å²) in [6, 6.07) is 9.81. The molecule has 0 aliphatic carbocycles. The molecule has 9 nitrogen and oxygen atoms in total. The molecule has 1 saturated heterocycles. The highest BCUT2D eigenvalue weighted by atomic mass is 16.5. The predicted molar refractivity (Wildman–Crippen MR) is 347 cm³/mol. The van der Waals surface area contributed by atoms with Gasteiger partial charge in [-0.05, 0) is 55.7 Å². The zero-order valence-corrected chi connectivity index (χ0v) is 53.6. The summed E-state index contributed by atoms with van der Waals surface area (Å²) in [5.74, 6) is 0.498. The third kappa shape index (κ3) is 36.2. The summed E-state index contributed by atoms with van der Waals surface area (Å²) < 4.78 is 20.0. The van der Waals surface area contributed by atoms with Crippen molar-refractivity contribution in [2.45, 2.75) is 329 Å². The molecular formula is C73H126N2O7. The molecule has 2 aromatic rings. The molecule has 3 rings (SSSR count). The minimum Gasteiger partial charge on any atom is -0.490 e. The lowest BCUT2D eigenvalue weighted by Gasteiger charge is -2.35. The van der Waals surface area contributed by atoms with Gasteiger partial charge in [0.1, 0.15) is 0 Å². The van der Waals surface area contributed by atoms with Gasteiger partial charge in [0, 0.05) is 37.3 Å². The van der Waals surface area contributed by atoms with Crippen molar-refractivity contribution in [2.24, 2.45) is 0 Å². The van der Waals surface area contributed by atoms with Crippen molar-refractivity contribution >= 4 is 17.8 Å². The Balaban J connectivity index is 1.58. The standard InChI is InChI=1S/C73H126N2O7/c1-4-7-10-13-16-19-22-25-28-31-34-37-40-43-46-49-60-80-68-63-67(72(77)75-58-56-74(57-59-75)71(76)65-52-54-66(55-53-65)73(78)79)64-69(81-61-50-47-44-41-38-35-32-29-26-23-20-17-14-11-8-5-2)70(68)82-62-51-48-45-42-39-36-33-30-27-24-21-18-15-12-9-6-3/h52-55,63-64H,4-51,56-62H2,1-3H3,(H,78,79). The van der Waals surface area contributed by atoms with Crippen LogP contribution in [0.5, 0.6) is 17.2 Å². The minimum absolute atomic E-state index is 0.109. The monoisotopic (exact) mass is 1140 g/mol. The Labute approximate surface area is 504 Å². The van der Waals surface area contributed by atoms with Crippen molar-refractivity contribution in [3.05, 3.63) is 53.1 Å². The number of benzene rings is 2. The summed E-state index contributed by atoms with van der Waals surface area (Å²) in [6.07, 6.45) is 63.3. The highest BCUT2D eigenvalue weighted by Gasteiger charge is 2.28. The van der Waals surface area contributed by atoms with E-state index in [1.165, 1.54) is 282 Å². The number of hydrogen-bond acceptors (Lipinski definition) is 6. The Bertz CT molecular complexity index is 1770. The van der Waals surface area contributed by atoms with E-state index in [4.69, 9.17) is 14.2 Å². The molecule has 2 aromatic carbocycles. The first-order valence-electron chi connectivity index (χ1n) is 35.4. The maximum absolute atomic E-state index is 14.5. The van der Waals surface area contributed by atoms with Crippen LogP contribution in [0.3, 0.4) is 0 Å². The van der Waals surface area contributed by atoms with Crippen LogP contribution in [0.2, 0.25) is 0 Å². The van der Waals surface area contributed by atoms with Gasteiger partial charge >= 0.3 is 5.97 Å². The Kier molecular flexibility index (Phi) is 45.7. The molecule has 0 atom stereocenters. The largest absolute Gasteiger partial charge is 0.490 e. The van der Waals surface area contributed by atoms with Gasteiger partial charge in [-0.15, -0.1) is 0 Å². The van der Waals surface area contributed by atoms with Gasteiger partial charge < -0.3 is 29.1 Å². The van der Waals surface area contributed by atoms with E-state index >= 15 is 0 Å². The van der Waals surface area contributed by atoms with Crippen LogP contribution in [0.4, 0.5) is 0 Å². The molecule has 0 aromatic heterocycles. The maximum atomic E-state index is 14.5. The average molecular weight is 1140 g/mol. The number of hydrogen-bond donors (Lipinski definition) is 1. The molecular weight excluding hydrogens is 1020 g/mol. The number of piperazine rings is 1. The number of amides is 2. The van der Waals surface area contributed by atoms with Crippen LogP contribution in [0, 0.1) is 0 Å². The third-order valence-electron chi connectivity index (χ3n) is 17.3. The lowest BCUT2D eigenvalue weighted by atomic mass is 10.0. The van der Waals surface area contributed by atoms with Gasteiger partial charge in [-0.2, -0.15) is 0 Å². The Morgan fingerprint density at radius 2 is 0.537 bits per heavy atom. The number of ether oxygens (including phenoxy) is 3. The smallest absolute Gasteiger partial charge is 0.335 e. The molecule has 9 heteroatoms. The van der Waals surface area contributed by atoms with E-state index < -0.39 is 5.97 Å². The molecule has 82 heavy (non-hydrogen) atoms. The van der Waals surface area contributed by atoms with Gasteiger partial charge in [-0.3, -0.25) is 9.59 Å². The van der Waals surface area contributed by atoms with Crippen molar-refractivity contribution in [2.75, 3.05) is 46.0 Å². The first-order valence-corrected chi connectivity index (χ1v) is 35.4. The molecule has 0 spiro atoms. The molecule has 0 saturated carbocycles. The van der Waals surface area contributed by atoms with Crippen LogP contribution in [0.1, 0.15) is 360 Å². The number of carbonyl (C=O) groups excluding carboxylic acids is 2.